The van der Waals surface area contributed by atoms with E-state index in [0.717, 1.165) is 22.4 Å². The molecule has 0 aliphatic rings. The van der Waals surface area contributed by atoms with Gasteiger partial charge in [0.2, 0.25) is 0 Å². The normalized spacial score (nSPS) is 10.9. The van der Waals surface area contributed by atoms with Crippen LogP contribution in [0.1, 0.15) is 10.4 Å². The number of benzene rings is 2. The van der Waals surface area contributed by atoms with Gasteiger partial charge < -0.3 is 15.0 Å². The number of hydrogen-bond acceptors (Lipinski definition) is 5. The number of nitrogens with one attached hydrogen (secondary N) is 1. The van der Waals surface area contributed by atoms with Crippen LogP contribution in [0.5, 0.6) is 0 Å². The Morgan fingerprint density at radius 1 is 1.18 bits per heavy atom. The average Bonchev–Trinajstić information content (AvgIpc) is 3.12. The number of carboxylic acid groups (broad SMARTS) is 1. The van der Waals surface area contributed by atoms with E-state index >= 15 is 0 Å². The Morgan fingerprint density at radius 3 is 2.82 bits per heavy atom. The van der Waals surface area contributed by atoms with Crippen LogP contribution in [-0.4, -0.2) is 31.9 Å². The van der Waals surface area contributed by atoms with Crippen LogP contribution in [-0.2, 0) is 0 Å². The lowest BCUT2D eigenvalue weighted by atomic mass is 10.1. The highest BCUT2D eigenvalue weighted by atomic mass is 35.5. The van der Waals surface area contributed by atoms with Gasteiger partial charge >= 0.3 is 5.97 Å². The van der Waals surface area contributed by atoms with E-state index in [-0.39, 0.29) is 5.56 Å². The molecular formula is C20H15ClN4O2S. The number of carbonyl (C=O) groups is 1. The fraction of sp³-hybridized carbons (Fsp3) is 0.0500. The van der Waals surface area contributed by atoms with Crippen molar-refractivity contribution in [3.05, 3.63) is 71.5 Å². The number of hydrogen-bond donors (Lipinski definition) is 2. The minimum atomic E-state index is -1.04. The Kier molecular flexibility index (Phi) is 4.93. The maximum Gasteiger partial charge on any atom is 0.337 e. The number of carboxylic acids is 1. The second-order valence-electron chi connectivity index (χ2n) is 5.98. The van der Waals surface area contributed by atoms with Crippen molar-refractivity contribution in [3.8, 4) is 5.82 Å². The summed E-state index contributed by atoms with van der Waals surface area (Å²) in [6.45, 7) is 0. The minimum absolute atomic E-state index is 0.121. The third-order valence-corrected chi connectivity index (χ3v) is 5.03. The van der Waals surface area contributed by atoms with E-state index < -0.39 is 5.97 Å². The molecule has 0 atom stereocenters. The third kappa shape index (κ3) is 3.54. The van der Waals surface area contributed by atoms with Gasteiger partial charge in [-0.15, -0.1) is 0 Å². The predicted octanol–water partition coefficient (Wildman–Crippen LogP) is 5.24. The van der Waals surface area contributed by atoms with E-state index in [1.165, 1.54) is 17.8 Å². The molecule has 2 heterocycles. The smallest absolute Gasteiger partial charge is 0.337 e. The fourth-order valence-corrected chi connectivity index (χ4v) is 3.47. The first kappa shape index (κ1) is 18.3. The zero-order valence-electron chi connectivity index (χ0n) is 14.8. The van der Waals surface area contributed by atoms with Gasteiger partial charge in [0.05, 0.1) is 16.8 Å². The van der Waals surface area contributed by atoms with Gasteiger partial charge in [0.25, 0.3) is 0 Å². The maximum absolute atomic E-state index is 11.5. The molecule has 0 radical (unpaired) electrons. The molecule has 4 aromatic rings. The molecule has 0 unspecified atom stereocenters. The fourth-order valence-electron chi connectivity index (χ4n) is 2.94. The lowest BCUT2D eigenvalue weighted by Crippen LogP contribution is -2.02. The number of halogens is 1. The molecule has 2 N–H and O–H groups in total. The number of aromatic carboxylic acids is 1. The number of aromatic nitrogens is 3. The van der Waals surface area contributed by atoms with Crippen molar-refractivity contribution in [2.45, 2.75) is 5.16 Å². The van der Waals surface area contributed by atoms with E-state index in [1.807, 2.05) is 47.4 Å². The van der Waals surface area contributed by atoms with Gasteiger partial charge in [-0.1, -0.05) is 23.4 Å². The Labute approximate surface area is 170 Å². The highest BCUT2D eigenvalue weighted by Gasteiger charge is 2.12. The standard InChI is InChI=1S/C20H15ClN4O2S/c1-28-20-22-8-6-18(24-20)25-9-7-12-10-14(3-5-17(12)25)23-16-4-2-13(21)11-15(16)19(26)27/h2-11,23H,1H3,(H,26,27). The van der Waals surface area contributed by atoms with Gasteiger partial charge in [0.15, 0.2) is 5.16 Å². The first-order valence-corrected chi connectivity index (χ1v) is 9.94. The summed E-state index contributed by atoms with van der Waals surface area (Å²) in [5, 5.41) is 14.6. The van der Waals surface area contributed by atoms with Crippen molar-refractivity contribution >= 4 is 51.6 Å². The molecule has 0 aliphatic heterocycles. The second kappa shape index (κ2) is 7.53. The van der Waals surface area contributed by atoms with Gasteiger partial charge in [-0.2, -0.15) is 0 Å². The summed E-state index contributed by atoms with van der Waals surface area (Å²) in [5.41, 5.74) is 2.38. The molecule has 0 spiro atoms. The summed E-state index contributed by atoms with van der Waals surface area (Å²) >= 11 is 7.41. The Hall–Kier alpha value is -3.03. The van der Waals surface area contributed by atoms with Crippen LogP contribution in [0, 0.1) is 0 Å². The molecule has 2 aromatic carbocycles. The van der Waals surface area contributed by atoms with Crippen LogP contribution in [0.2, 0.25) is 5.02 Å². The molecule has 0 saturated heterocycles. The SMILES string of the molecule is CSc1nccc(-n2ccc3cc(Nc4ccc(Cl)cc4C(=O)O)ccc32)n1. The number of rotatable bonds is 5. The van der Waals surface area contributed by atoms with Crippen molar-refractivity contribution in [1.82, 2.24) is 14.5 Å². The zero-order valence-corrected chi connectivity index (χ0v) is 16.3. The van der Waals surface area contributed by atoms with E-state index in [2.05, 4.69) is 15.3 Å². The van der Waals surface area contributed by atoms with Crippen LogP contribution < -0.4 is 5.32 Å². The molecule has 4 rings (SSSR count). The molecule has 28 heavy (non-hydrogen) atoms. The third-order valence-electron chi connectivity index (χ3n) is 4.23. The summed E-state index contributed by atoms with van der Waals surface area (Å²) < 4.78 is 1.99. The van der Waals surface area contributed by atoms with Crippen LogP contribution >= 0.6 is 23.4 Å². The number of anilines is 2. The van der Waals surface area contributed by atoms with E-state index in [4.69, 9.17) is 11.6 Å². The molecule has 0 fully saturated rings. The van der Waals surface area contributed by atoms with Crippen molar-refractivity contribution in [3.63, 3.8) is 0 Å². The van der Waals surface area contributed by atoms with Gasteiger partial charge in [0.1, 0.15) is 5.82 Å². The summed E-state index contributed by atoms with van der Waals surface area (Å²) in [6.07, 6.45) is 5.63. The Bertz CT molecular complexity index is 1190. The summed E-state index contributed by atoms with van der Waals surface area (Å²) in [5.74, 6) is -0.244. The predicted molar refractivity (Wildman–Crippen MR) is 112 cm³/mol. The largest absolute Gasteiger partial charge is 0.478 e. The summed E-state index contributed by atoms with van der Waals surface area (Å²) in [7, 11) is 0. The van der Waals surface area contributed by atoms with Gasteiger partial charge in [-0.05, 0) is 54.8 Å². The van der Waals surface area contributed by atoms with Crippen molar-refractivity contribution in [2.24, 2.45) is 0 Å². The summed E-state index contributed by atoms with van der Waals surface area (Å²) in [6, 6.07) is 14.4. The van der Waals surface area contributed by atoms with Crippen molar-refractivity contribution < 1.29 is 9.90 Å². The molecule has 2 aromatic heterocycles. The van der Waals surface area contributed by atoms with Crippen molar-refractivity contribution in [1.29, 1.82) is 0 Å². The van der Waals surface area contributed by atoms with Crippen LogP contribution in [0.3, 0.4) is 0 Å². The topological polar surface area (TPSA) is 80.0 Å². The maximum atomic E-state index is 11.5. The first-order valence-electron chi connectivity index (χ1n) is 8.33. The molecule has 0 amide bonds. The van der Waals surface area contributed by atoms with Crippen LogP contribution in [0.25, 0.3) is 16.7 Å². The average molecular weight is 411 g/mol. The first-order chi connectivity index (χ1) is 13.5. The zero-order chi connectivity index (χ0) is 19.7. The monoisotopic (exact) mass is 410 g/mol. The lowest BCUT2D eigenvalue weighted by Gasteiger charge is -2.11. The molecule has 6 nitrogen and oxygen atoms in total. The molecule has 140 valence electrons. The molecule has 0 saturated carbocycles. The quantitative estimate of drug-likeness (QED) is 0.346. The summed E-state index contributed by atoms with van der Waals surface area (Å²) in [4.78, 5) is 20.2. The number of fused-ring (bicyclic) bond motifs is 1. The molecule has 0 aliphatic carbocycles. The Balaban J connectivity index is 1.70. The highest BCUT2D eigenvalue weighted by molar-refractivity contribution is 7.98. The van der Waals surface area contributed by atoms with Gasteiger partial charge in [0, 0.05) is 28.5 Å². The molecular weight excluding hydrogens is 396 g/mol. The van der Waals surface area contributed by atoms with E-state index in [9.17, 15) is 9.90 Å². The van der Waals surface area contributed by atoms with Crippen molar-refractivity contribution in [2.75, 3.05) is 11.6 Å². The van der Waals surface area contributed by atoms with Gasteiger partial charge in [-0.3, -0.25) is 0 Å². The highest BCUT2D eigenvalue weighted by Crippen LogP contribution is 2.28. The number of thioether (sulfide) groups is 1. The lowest BCUT2D eigenvalue weighted by molar-refractivity contribution is 0.0698. The van der Waals surface area contributed by atoms with E-state index in [0.29, 0.717) is 15.9 Å². The Morgan fingerprint density at radius 2 is 2.04 bits per heavy atom. The number of nitrogens with zero attached hydrogens (tertiary/aromatic N) is 3. The van der Waals surface area contributed by atoms with Crippen LogP contribution in [0.4, 0.5) is 11.4 Å². The minimum Gasteiger partial charge on any atom is -0.478 e. The van der Waals surface area contributed by atoms with E-state index in [1.54, 1.807) is 18.3 Å². The molecule has 0 bridgehead atoms. The second-order valence-corrected chi connectivity index (χ2v) is 7.19. The van der Waals surface area contributed by atoms with Crippen LogP contribution in [0.15, 0.2) is 66.1 Å². The van der Waals surface area contributed by atoms with Gasteiger partial charge in [-0.25, -0.2) is 14.8 Å². The molecule has 8 heteroatoms.